The number of nitrogens with zero attached hydrogens (tertiary/aromatic N) is 3. The molecule has 26 heavy (non-hydrogen) atoms. The van der Waals surface area contributed by atoms with E-state index in [0.29, 0.717) is 29.5 Å². The smallest absolute Gasteiger partial charge is 0.267 e. The molecule has 0 unspecified atom stereocenters. The molecule has 0 radical (unpaired) electrons. The maximum Gasteiger partial charge on any atom is 0.267 e. The highest BCUT2D eigenvalue weighted by Gasteiger charge is 2.15. The zero-order chi connectivity index (χ0) is 18.5. The lowest BCUT2D eigenvalue weighted by atomic mass is 10.1. The van der Waals surface area contributed by atoms with E-state index in [4.69, 9.17) is 14.2 Å². The Morgan fingerprint density at radius 3 is 2.31 bits per heavy atom. The number of hydrogen-bond acceptors (Lipinski definition) is 6. The molecule has 0 aliphatic carbocycles. The predicted octanol–water partition coefficient (Wildman–Crippen LogP) is 2.38. The number of aromatic nitrogens is 3. The zero-order valence-electron chi connectivity index (χ0n) is 14.8. The van der Waals surface area contributed by atoms with E-state index in [-0.39, 0.29) is 5.56 Å². The Morgan fingerprint density at radius 1 is 1.00 bits per heavy atom. The Hall–Kier alpha value is -3.35. The molecule has 134 valence electrons. The van der Waals surface area contributed by atoms with Crippen LogP contribution in [0, 0.1) is 0 Å². The quantitative estimate of drug-likeness (QED) is 0.677. The molecule has 3 rings (SSSR count). The molecular formula is C19H19N3O4. The van der Waals surface area contributed by atoms with Gasteiger partial charge in [0, 0.05) is 24.0 Å². The van der Waals surface area contributed by atoms with Crippen molar-refractivity contribution >= 4 is 0 Å². The van der Waals surface area contributed by atoms with Gasteiger partial charge in [0.05, 0.1) is 33.6 Å². The van der Waals surface area contributed by atoms with Crippen LogP contribution < -0.4 is 19.8 Å². The minimum absolute atomic E-state index is 0.190. The van der Waals surface area contributed by atoms with Crippen molar-refractivity contribution in [2.75, 3.05) is 21.3 Å². The highest BCUT2D eigenvalue weighted by Crippen LogP contribution is 2.40. The van der Waals surface area contributed by atoms with E-state index in [1.165, 1.54) is 10.7 Å². The molecule has 0 aliphatic rings. The fourth-order valence-electron chi connectivity index (χ4n) is 2.61. The maximum atomic E-state index is 12.2. The maximum absolute atomic E-state index is 12.2. The van der Waals surface area contributed by atoms with Gasteiger partial charge in [-0.25, -0.2) is 4.68 Å². The van der Waals surface area contributed by atoms with Gasteiger partial charge in [-0.15, -0.1) is 0 Å². The van der Waals surface area contributed by atoms with Crippen molar-refractivity contribution in [1.82, 2.24) is 14.8 Å². The minimum Gasteiger partial charge on any atom is -0.493 e. The molecule has 1 aromatic carbocycles. The van der Waals surface area contributed by atoms with Gasteiger partial charge in [0.2, 0.25) is 5.75 Å². The summed E-state index contributed by atoms with van der Waals surface area (Å²) in [6.45, 7) is 0.338. The highest BCUT2D eigenvalue weighted by atomic mass is 16.5. The van der Waals surface area contributed by atoms with Gasteiger partial charge in [0.25, 0.3) is 5.56 Å². The van der Waals surface area contributed by atoms with E-state index in [1.54, 1.807) is 51.9 Å². The van der Waals surface area contributed by atoms with Crippen LogP contribution in [-0.4, -0.2) is 36.1 Å². The lowest BCUT2D eigenvalue weighted by Gasteiger charge is -2.14. The molecule has 0 atom stereocenters. The summed E-state index contributed by atoms with van der Waals surface area (Å²) in [5, 5.41) is 4.47. The summed E-state index contributed by atoms with van der Waals surface area (Å²) in [4.78, 5) is 16.2. The summed E-state index contributed by atoms with van der Waals surface area (Å²) in [6, 6.07) is 10.5. The Balaban J connectivity index is 2.05. The lowest BCUT2D eigenvalue weighted by molar-refractivity contribution is 0.324. The third-order valence-corrected chi connectivity index (χ3v) is 3.88. The van der Waals surface area contributed by atoms with Crippen LogP contribution in [0.1, 0.15) is 5.56 Å². The normalized spacial score (nSPS) is 10.4. The second-order valence-corrected chi connectivity index (χ2v) is 5.49. The molecule has 0 bridgehead atoms. The SMILES string of the molecule is COc1cc(-c2ccc(=O)n(Cc3cccnc3)n2)cc(OC)c1OC. The molecule has 0 saturated heterocycles. The molecule has 0 amide bonds. The van der Waals surface area contributed by atoms with Gasteiger partial charge in [-0.2, -0.15) is 5.10 Å². The largest absolute Gasteiger partial charge is 0.493 e. The van der Waals surface area contributed by atoms with E-state index in [0.717, 1.165) is 11.1 Å². The molecule has 7 nitrogen and oxygen atoms in total. The van der Waals surface area contributed by atoms with E-state index < -0.39 is 0 Å². The van der Waals surface area contributed by atoms with E-state index in [2.05, 4.69) is 10.1 Å². The number of ether oxygens (including phenoxy) is 3. The predicted molar refractivity (Wildman–Crippen MR) is 96.9 cm³/mol. The van der Waals surface area contributed by atoms with E-state index >= 15 is 0 Å². The van der Waals surface area contributed by atoms with Crippen LogP contribution in [0.3, 0.4) is 0 Å². The average molecular weight is 353 g/mol. The van der Waals surface area contributed by atoms with Gasteiger partial charge in [0.1, 0.15) is 0 Å². The first-order valence-corrected chi connectivity index (χ1v) is 7.93. The zero-order valence-corrected chi connectivity index (χ0v) is 14.8. The molecule has 7 heteroatoms. The van der Waals surface area contributed by atoms with Gasteiger partial charge in [-0.3, -0.25) is 9.78 Å². The molecule has 0 aliphatic heterocycles. The van der Waals surface area contributed by atoms with Crippen LogP contribution in [0.2, 0.25) is 0 Å². The van der Waals surface area contributed by atoms with Crippen molar-refractivity contribution in [3.8, 4) is 28.5 Å². The number of methoxy groups -OCH3 is 3. The van der Waals surface area contributed by atoms with Crippen LogP contribution in [0.15, 0.2) is 53.6 Å². The molecule has 0 N–H and O–H groups in total. The van der Waals surface area contributed by atoms with Crippen molar-refractivity contribution < 1.29 is 14.2 Å². The third kappa shape index (κ3) is 3.51. The fourth-order valence-corrected chi connectivity index (χ4v) is 2.61. The van der Waals surface area contributed by atoms with Gasteiger partial charge < -0.3 is 14.2 Å². The Bertz CT molecular complexity index is 929. The Labute approximate surface area is 150 Å². The Kier molecular flexibility index (Phi) is 5.17. The van der Waals surface area contributed by atoms with Crippen molar-refractivity contribution in [3.63, 3.8) is 0 Å². The van der Waals surface area contributed by atoms with Gasteiger partial charge in [0.15, 0.2) is 11.5 Å². The number of hydrogen-bond donors (Lipinski definition) is 0. The summed E-state index contributed by atoms with van der Waals surface area (Å²) in [7, 11) is 4.65. The second kappa shape index (κ2) is 7.69. The van der Waals surface area contributed by atoms with Crippen molar-refractivity contribution in [1.29, 1.82) is 0 Å². The monoisotopic (exact) mass is 353 g/mol. The molecule has 0 spiro atoms. The summed E-state index contributed by atoms with van der Waals surface area (Å²) in [6.07, 6.45) is 3.40. The standard InChI is InChI=1S/C19H19N3O4/c1-24-16-9-14(10-17(25-2)19(16)26-3)15-6-7-18(23)22(21-15)12-13-5-4-8-20-11-13/h4-11H,12H2,1-3H3. The van der Waals surface area contributed by atoms with E-state index in [1.807, 2.05) is 12.1 Å². The Morgan fingerprint density at radius 2 is 1.73 bits per heavy atom. The summed E-state index contributed by atoms with van der Waals surface area (Å²) >= 11 is 0. The van der Waals surface area contributed by atoms with Crippen molar-refractivity contribution in [3.05, 3.63) is 64.7 Å². The van der Waals surface area contributed by atoms with Crippen molar-refractivity contribution in [2.45, 2.75) is 6.54 Å². The first kappa shape index (κ1) is 17.5. The number of rotatable bonds is 6. The molecule has 0 fully saturated rings. The molecule has 2 aromatic heterocycles. The average Bonchev–Trinajstić information content (AvgIpc) is 2.69. The third-order valence-electron chi connectivity index (χ3n) is 3.88. The van der Waals surface area contributed by atoms with Crippen LogP contribution in [0.4, 0.5) is 0 Å². The van der Waals surface area contributed by atoms with E-state index in [9.17, 15) is 4.79 Å². The van der Waals surface area contributed by atoms with Gasteiger partial charge in [-0.05, 0) is 29.8 Å². The number of pyridine rings is 1. The van der Waals surface area contributed by atoms with Crippen LogP contribution in [-0.2, 0) is 6.54 Å². The lowest BCUT2D eigenvalue weighted by Crippen LogP contribution is -2.22. The molecule has 0 saturated carbocycles. The topological polar surface area (TPSA) is 75.5 Å². The van der Waals surface area contributed by atoms with Gasteiger partial charge in [-0.1, -0.05) is 6.07 Å². The van der Waals surface area contributed by atoms with Crippen LogP contribution >= 0.6 is 0 Å². The van der Waals surface area contributed by atoms with Crippen molar-refractivity contribution in [2.24, 2.45) is 0 Å². The first-order chi connectivity index (χ1) is 12.7. The summed E-state index contributed by atoms with van der Waals surface area (Å²) in [5.41, 5.74) is 2.07. The van der Waals surface area contributed by atoms with Crippen LogP contribution in [0.25, 0.3) is 11.3 Å². The molecule has 2 heterocycles. The highest BCUT2D eigenvalue weighted by molar-refractivity contribution is 5.68. The summed E-state index contributed by atoms with van der Waals surface area (Å²) < 4.78 is 17.5. The first-order valence-electron chi connectivity index (χ1n) is 7.93. The number of benzene rings is 1. The molecule has 3 aromatic rings. The summed E-state index contributed by atoms with van der Waals surface area (Å²) in [5.74, 6) is 1.55. The minimum atomic E-state index is -0.190. The van der Waals surface area contributed by atoms with Crippen LogP contribution in [0.5, 0.6) is 17.2 Å². The molecular weight excluding hydrogens is 334 g/mol. The fraction of sp³-hybridized carbons (Fsp3) is 0.211. The van der Waals surface area contributed by atoms with Gasteiger partial charge >= 0.3 is 0 Å². The second-order valence-electron chi connectivity index (χ2n) is 5.49.